The summed E-state index contributed by atoms with van der Waals surface area (Å²) in [4.78, 5) is 11.9. The Labute approximate surface area is 101 Å². The lowest BCUT2D eigenvalue weighted by molar-refractivity contribution is -0.117. The average Bonchev–Trinajstić information content (AvgIpc) is 2.67. The molecular formula is C15H16O2. The second-order valence-electron chi connectivity index (χ2n) is 4.52. The maximum atomic E-state index is 11.9. The van der Waals surface area contributed by atoms with Crippen molar-refractivity contribution in [3.63, 3.8) is 0 Å². The van der Waals surface area contributed by atoms with Gasteiger partial charge in [-0.25, -0.2) is 0 Å². The van der Waals surface area contributed by atoms with E-state index in [1.165, 1.54) is 11.1 Å². The number of aryl methyl sites for hydroxylation is 2. The van der Waals surface area contributed by atoms with E-state index in [1.807, 2.05) is 6.07 Å². The molecule has 88 valence electrons. The second-order valence-corrected chi connectivity index (χ2v) is 4.52. The molecule has 0 radical (unpaired) electrons. The highest BCUT2D eigenvalue weighted by Gasteiger charge is 2.06. The zero-order chi connectivity index (χ0) is 12.3. The van der Waals surface area contributed by atoms with Crippen LogP contribution in [0.25, 0.3) is 0 Å². The van der Waals surface area contributed by atoms with Gasteiger partial charge >= 0.3 is 0 Å². The summed E-state index contributed by atoms with van der Waals surface area (Å²) in [5, 5.41) is 0. The fourth-order valence-electron chi connectivity index (χ4n) is 2.08. The van der Waals surface area contributed by atoms with Crippen LogP contribution in [0.4, 0.5) is 0 Å². The normalized spacial score (nSPS) is 10.5. The summed E-state index contributed by atoms with van der Waals surface area (Å²) in [7, 11) is 0. The van der Waals surface area contributed by atoms with Crippen LogP contribution in [0.1, 0.15) is 22.3 Å². The van der Waals surface area contributed by atoms with E-state index >= 15 is 0 Å². The van der Waals surface area contributed by atoms with Gasteiger partial charge in [-0.1, -0.05) is 29.3 Å². The molecule has 2 nitrogen and oxygen atoms in total. The SMILES string of the molecule is Cc1cc(C)cc(CC(=O)Cc2ccoc2)c1. The molecule has 0 atom stereocenters. The Kier molecular flexibility index (Phi) is 3.43. The minimum Gasteiger partial charge on any atom is -0.472 e. The Bertz CT molecular complexity index is 489. The van der Waals surface area contributed by atoms with Gasteiger partial charge in [-0.2, -0.15) is 0 Å². The molecule has 0 aliphatic rings. The van der Waals surface area contributed by atoms with Gasteiger partial charge in [0.15, 0.2) is 0 Å². The summed E-state index contributed by atoms with van der Waals surface area (Å²) in [6, 6.07) is 8.09. The molecule has 0 unspecified atom stereocenters. The molecule has 2 rings (SSSR count). The van der Waals surface area contributed by atoms with Gasteiger partial charge in [-0.15, -0.1) is 0 Å². The van der Waals surface area contributed by atoms with Gasteiger partial charge in [0, 0.05) is 12.8 Å². The third kappa shape index (κ3) is 3.31. The first-order chi connectivity index (χ1) is 8.13. The van der Waals surface area contributed by atoms with E-state index in [9.17, 15) is 4.79 Å². The maximum Gasteiger partial charge on any atom is 0.141 e. The lowest BCUT2D eigenvalue weighted by Crippen LogP contribution is -2.06. The van der Waals surface area contributed by atoms with Crippen molar-refractivity contribution in [1.29, 1.82) is 0 Å². The Morgan fingerprint density at radius 1 is 1.06 bits per heavy atom. The number of hydrogen-bond donors (Lipinski definition) is 0. The molecule has 0 spiro atoms. The van der Waals surface area contributed by atoms with E-state index in [0.29, 0.717) is 12.8 Å². The molecule has 1 heterocycles. The van der Waals surface area contributed by atoms with Gasteiger partial charge in [0.2, 0.25) is 0 Å². The number of Topliss-reactive ketones (excluding diaryl/α,β-unsaturated/α-hetero) is 1. The van der Waals surface area contributed by atoms with E-state index in [0.717, 1.165) is 11.1 Å². The molecule has 0 bridgehead atoms. The number of carbonyl (C=O) groups excluding carboxylic acids is 1. The number of rotatable bonds is 4. The van der Waals surface area contributed by atoms with E-state index in [-0.39, 0.29) is 5.78 Å². The molecule has 1 aromatic heterocycles. The average molecular weight is 228 g/mol. The third-order valence-electron chi connectivity index (χ3n) is 2.66. The van der Waals surface area contributed by atoms with Crippen molar-refractivity contribution in [3.05, 3.63) is 59.0 Å². The number of ketones is 1. The van der Waals surface area contributed by atoms with Crippen LogP contribution in [0.5, 0.6) is 0 Å². The highest BCUT2D eigenvalue weighted by atomic mass is 16.3. The first-order valence-electron chi connectivity index (χ1n) is 5.73. The highest BCUT2D eigenvalue weighted by molar-refractivity contribution is 5.83. The van der Waals surface area contributed by atoms with E-state index in [4.69, 9.17) is 4.42 Å². The molecule has 2 heteroatoms. The highest BCUT2D eigenvalue weighted by Crippen LogP contribution is 2.11. The van der Waals surface area contributed by atoms with Crippen LogP contribution in [0.3, 0.4) is 0 Å². The Morgan fingerprint density at radius 2 is 1.71 bits per heavy atom. The smallest absolute Gasteiger partial charge is 0.141 e. The quantitative estimate of drug-likeness (QED) is 0.804. The molecule has 0 aliphatic heterocycles. The van der Waals surface area contributed by atoms with Crippen molar-refractivity contribution in [1.82, 2.24) is 0 Å². The van der Waals surface area contributed by atoms with Crippen molar-refractivity contribution in [3.8, 4) is 0 Å². The zero-order valence-corrected chi connectivity index (χ0v) is 10.2. The van der Waals surface area contributed by atoms with E-state index in [2.05, 4.69) is 32.0 Å². The fraction of sp³-hybridized carbons (Fsp3) is 0.267. The molecule has 0 saturated carbocycles. The van der Waals surface area contributed by atoms with Crippen LogP contribution < -0.4 is 0 Å². The van der Waals surface area contributed by atoms with Gasteiger partial charge in [-0.3, -0.25) is 4.79 Å². The lowest BCUT2D eigenvalue weighted by atomic mass is 10.0. The Morgan fingerprint density at radius 3 is 2.29 bits per heavy atom. The van der Waals surface area contributed by atoms with Crippen LogP contribution in [0.2, 0.25) is 0 Å². The first-order valence-corrected chi connectivity index (χ1v) is 5.73. The van der Waals surface area contributed by atoms with Crippen LogP contribution >= 0.6 is 0 Å². The topological polar surface area (TPSA) is 30.2 Å². The summed E-state index contributed by atoms with van der Waals surface area (Å²) in [5.41, 5.74) is 4.45. The second kappa shape index (κ2) is 5.00. The molecule has 0 aliphatic carbocycles. The van der Waals surface area contributed by atoms with Crippen molar-refractivity contribution in [2.45, 2.75) is 26.7 Å². The fourth-order valence-corrected chi connectivity index (χ4v) is 2.08. The molecule has 0 N–H and O–H groups in total. The molecule has 1 aromatic carbocycles. The Hall–Kier alpha value is -1.83. The summed E-state index contributed by atoms with van der Waals surface area (Å²) in [6.45, 7) is 4.11. The Balaban J connectivity index is 2.03. The number of benzene rings is 1. The summed E-state index contributed by atoms with van der Waals surface area (Å²) < 4.78 is 4.95. The van der Waals surface area contributed by atoms with E-state index in [1.54, 1.807) is 12.5 Å². The summed E-state index contributed by atoms with van der Waals surface area (Å²) in [5.74, 6) is 0.219. The molecule has 0 fully saturated rings. The number of carbonyl (C=O) groups is 1. The van der Waals surface area contributed by atoms with Gasteiger partial charge in [0.1, 0.15) is 5.78 Å². The molecule has 0 saturated heterocycles. The molecule has 2 aromatic rings. The molecule has 17 heavy (non-hydrogen) atoms. The first kappa shape index (κ1) is 11.6. The maximum absolute atomic E-state index is 11.9. The van der Waals surface area contributed by atoms with Crippen molar-refractivity contribution in [2.75, 3.05) is 0 Å². The van der Waals surface area contributed by atoms with Gasteiger partial charge in [0.05, 0.1) is 12.5 Å². The summed E-state index contributed by atoms with van der Waals surface area (Å²) >= 11 is 0. The van der Waals surface area contributed by atoms with E-state index < -0.39 is 0 Å². The lowest BCUT2D eigenvalue weighted by Gasteiger charge is -2.04. The third-order valence-corrected chi connectivity index (χ3v) is 2.66. The van der Waals surface area contributed by atoms with Gasteiger partial charge < -0.3 is 4.42 Å². The minimum atomic E-state index is 0.219. The van der Waals surface area contributed by atoms with Crippen LogP contribution in [0.15, 0.2) is 41.2 Å². The van der Waals surface area contributed by atoms with Crippen LogP contribution in [-0.4, -0.2) is 5.78 Å². The van der Waals surface area contributed by atoms with Crippen molar-refractivity contribution < 1.29 is 9.21 Å². The number of hydrogen-bond acceptors (Lipinski definition) is 2. The number of furan rings is 1. The van der Waals surface area contributed by atoms with Crippen molar-refractivity contribution in [2.24, 2.45) is 0 Å². The van der Waals surface area contributed by atoms with Crippen LogP contribution in [-0.2, 0) is 17.6 Å². The van der Waals surface area contributed by atoms with Crippen LogP contribution in [0, 0.1) is 13.8 Å². The van der Waals surface area contributed by atoms with Gasteiger partial charge in [-0.05, 0) is 31.0 Å². The minimum absolute atomic E-state index is 0.219. The van der Waals surface area contributed by atoms with Crippen molar-refractivity contribution >= 4 is 5.78 Å². The van der Waals surface area contributed by atoms with Gasteiger partial charge in [0.25, 0.3) is 0 Å². The largest absolute Gasteiger partial charge is 0.472 e. The molecular weight excluding hydrogens is 212 g/mol. The molecule has 0 amide bonds. The predicted octanol–water partition coefficient (Wildman–Crippen LogP) is 3.25. The zero-order valence-electron chi connectivity index (χ0n) is 10.2. The monoisotopic (exact) mass is 228 g/mol. The summed E-state index contributed by atoms with van der Waals surface area (Å²) in [6.07, 6.45) is 4.16. The standard InChI is InChI=1S/C15H16O2/c1-11-5-12(2)7-14(6-11)9-15(16)8-13-3-4-17-10-13/h3-7,10H,8-9H2,1-2H3. The predicted molar refractivity (Wildman–Crippen MR) is 67.0 cm³/mol.